The standard InChI is InChI=1S/C22H22F3N5O3S2/c1-13-9-14(3-4-15(13)12-31)20-26-11-18(34-20)19-17(22(23,24)25)10-27-21(29-19)28-16-5-7-30(8-6-16)35(2,32)33/h3-4,9-12,16H,5-8H2,1-2H3,(H,27,28,29). The van der Waals surface area contributed by atoms with Crippen LogP contribution in [0.1, 0.15) is 34.3 Å². The van der Waals surface area contributed by atoms with Gasteiger partial charge in [-0.3, -0.25) is 4.79 Å². The molecule has 0 aliphatic carbocycles. The summed E-state index contributed by atoms with van der Waals surface area (Å²) < 4.78 is 66.0. The van der Waals surface area contributed by atoms with Crippen molar-refractivity contribution in [3.05, 3.63) is 47.3 Å². The van der Waals surface area contributed by atoms with Crippen LogP contribution in [0.25, 0.3) is 21.1 Å². The van der Waals surface area contributed by atoms with Crippen LogP contribution < -0.4 is 5.32 Å². The first-order chi connectivity index (χ1) is 16.5. The molecule has 0 bridgehead atoms. The molecule has 35 heavy (non-hydrogen) atoms. The highest BCUT2D eigenvalue weighted by Gasteiger charge is 2.36. The van der Waals surface area contributed by atoms with Crippen molar-refractivity contribution in [3.8, 4) is 21.1 Å². The van der Waals surface area contributed by atoms with Crippen molar-refractivity contribution in [1.82, 2.24) is 19.3 Å². The molecule has 186 valence electrons. The largest absolute Gasteiger partial charge is 0.420 e. The molecule has 0 saturated carbocycles. The predicted octanol–water partition coefficient (Wildman–Crippen LogP) is 4.24. The number of carbonyl (C=O) groups is 1. The van der Waals surface area contributed by atoms with Crippen LogP contribution in [-0.4, -0.2) is 59.3 Å². The monoisotopic (exact) mass is 525 g/mol. The lowest BCUT2D eigenvalue weighted by molar-refractivity contribution is -0.137. The number of rotatable bonds is 6. The number of hydrogen-bond donors (Lipinski definition) is 1. The molecule has 0 spiro atoms. The van der Waals surface area contributed by atoms with Crippen molar-refractivity contribution in [2.24, 2.45) is 0 Å². The molecule has 0 atom stereocenters. The number of aryl methyl sites for hydroxylation is 1. The van der Waals surface area contributed by atoms with E-state index in [2.05, 4.69) is 20.3 Å². The Hall–Kier alpha value is -2.90. The third kappa shape index (κ3) is 5.68. The van der Waals surface area contributed by atoms with Gasteiger partial charge in [0.05, 0.1) is 16.8 Å². The number of aromatic nitrogens is 3. The Balaban J connectivity index is 1.61. The van der Waals surface area contributed by atoms with Crippen LogP contribution in [0, 0.1) is 6.92 Å². The van der Waals surface area contributed by atoms with Gasteiger partial charge in [0.1, 0.15) is 16.9 Å². The van der Waals surface area contributed by atoms with E-state index in [0.29, 0.717) is 42.1 Å². The van der Waals surface area contributed by atoms with Gasteiger partial charge in [0.2, 0.25) is 16.0 Å². The first-order valence-corrected chi connectivity index (χ1v) is 13.3. The second-order valence-corrected chi connectivity index (χ2v) is 11.3. The van der Waals surface area contributed by atoms with Gasteiger partial charge in [0, 0.05) is 42.7 Å². The molecule has 1 aliphatic heterocycles. The van der Waals surface area contributed by atoms with E-state index in [1.807, 2.05) is 0 Å². The van der Waals surface area contributed by atoms with Gasteiger partial charge in [0.15, 0.2) is 0 Å². The van der Waals surface area contributed by atoms with E-state index in [1.165, 1.54) is 10.5 Å². The van der Waals surface area contributed by atoms with Crippen LogP contribution in [-0.2, 0) is 16.2 Å². The molecule has 4 rings (SSSR count). The van der Waals surface area contributed by atoms with E-state index in [9.17, 15) is 26.4 Å². The minimum absolute atomic E-state index is 0.0342. The topological polar surface area (TPSA) is 105 Å². The summed E-state index contributed by atoms with van der Waals surface area (Å²) in [7, 11) is -3.29. The number of halogens is 3. The van der Waals surface area contributed by atoms with Crippen molar-refractivity contribution >= 4 is 33.6 Å². The molecular weight excluding hydrogens is 503 g/mol. The Morgan fingerprint density at radius 1 is 1.17 bits per heavy atom. The molecule has 1 N–H and O–H groups in total. The second kappa shape index (κ2) is 9.63. The van der Waals surface area contributed by atoms with Crippen LogP contribution in [0.3, 0.4) is 0 Å². The summed E-state index contributed by atoms with van der Waals surface area (Å²) in [5, 5.41) is 3.54. The Kier molecular flexibility index (Phi) is 6.93. The highest BCUT2D eigenvalue weighted by Crippen LogP contribution is 2.40. The number of hydrogen-bond acceptors (Lipinski definition) is 8. The molecular formula is C22H22F3N5O3S2. The van der Waals surface area contributed by atoms with E-state index in [0.717, 1.165) is 35.6 Å². The van der Waals surface area contributed by atoms with Crippen molar-refractivity contribution in [3.63, 3.8) is 0 Å². The van der Waals surface area contributed by atoms with Gasteiger partial charge < -0.3 is 5.32 Å². The predicted molar refractivity (Wildman–Crippen MR) is 127 cm³/mol. The second-order valence-electron chi connectivity index (χ2n) is 8.25. The molecule has 1 saturated heterocycles. The average molecular weight is 526 g/mol. The van der Waals surface area contributed by atoms with Crippen molar-refractivity contribution in [2.45, 2.75) is 32.0 Å². The fourth-order valence-electron chi connectivity index (χ4n) is 3.82. The fraction of sp³-hybridized carbons (Fsp3) is 0.364. The van der Waals surface area contributed by atoms with E-state index >= 15 is 0 Å². The molecule has 8 nitrogen and oxygen atoms in total. The number of anilines is 1. The molecule has 3 heterocycles. The molecule has 1 fully saturated rings. The first kappa shape index (κ1) is 25.2. The Bertz CT molecular complexity index is 1350. The van der Waals surface area contributed by atoms with Gasteiger partial charge in [-0.15, -0.1) is 11.3 Å². The number of carbonyl (C=O) groups excluding carboxylic acids is 1. The molecule has 3 aromatic rings. The zero-order valence-electron chi connectivity index (χ0n) is 18.8. The fourth-order valence-corrected chi connectivity index (χ4v) is 5.61. The van der Waals surface area contributed by atoms with E-state index < -0.39 is 21.8 Å². The van der Waals surface area contributed by atoms with Gasteiger partial charge >= 0.3 is 6.18 Å². The van der Waals surface area contributed by atoms with Gasteiger partial charge in [-0.1, -0.05) is 12.1 Å². The number of alkyl halides is 3. The number of nitrogens with one attached hydrogen (secondary N) is 1. The maximum atomic E-state index is 13.7. The lowest BCUT2D eigenvalue weighted by Gasteiger charge is -2.30. The zero-order valence-corrected chi connectivity index (χ0v) is 20.5. The lowest BCUT2D eigenvalue weighted by atomic mass is 10.1. The molecule has 1 aromatic carbocycles. The average Bonchev–Trinajstić information content (AvgIpc) is 3.28. The number of thiazole rings is 1. The smallest absolute Gasteiger partial charge is 0.351 e. The SMILES string of the molecule is Cc1cc(-c2ncc(-c3nc(NC4CCN(S(C)(=O)=O)CC4)ncc3C(F)(F)F)s2)ccc1C=O. The van der Waals surface area contributed by atoms with E-state index in [1.54, 1.807) is 25.1 Å². The molecule has 1 aliphatic rings. The Morgan fingerprint density at radius 3 is 2.49 bits per heavy atom. The number of sulfonamides is 1. The van der Waals surface area contributed by atoms with E-state index in [-0.39, 0.29) is 22.6 Å². The quantitative estimate of drug-likeness (QED) is 0.480. The summed E-state index contributed by atoms with van der Waals surface area (Å²) in [6.07, 6.45) is 0.269. The van der Waals surface area contributed by atoms with Gasteiger partial charge in [-0.2, -0.15) is 13.2 Å². The van der Waals surface area contributed by atoms with Gasteiger partial charge in [-0.25, -0.2) is 27.7 Å². The number of benzene rings is 1. The third-order valence-electron chi connectivity index (χ3n) is 5.73. The first-order valence-electron chi connectivity index (χ1n) is 10.6. The highest BCUT2D eigenvalue weighted by atomic mass is 32.2. The summed E-state index contributed by atoms with van der Waals surface area (Å²) in [6.45, 7) is 2.39. The Labute approximate surface area is 204 Å². The maximum Gasteiger partial charge on any atom is 0.420 e. The molecule has 0 amide bonds. The van der Waals surface area contributed by atoms with Crippen LogP contribution in [0.15, 0.2) is 30.6 Å². The summed E-state index contributed by atoms with van der Waals surface area (Å²) in [4.78, 5) is 23.6. The summed E-state index contributed by atoms with van der Waals surface area (Å²) >= 11 is 1.06. The van der Waals surface area contributed by atoms with Crippen molar-refractivity contribution in [2.75, 3.05) is 24.7 Å². The number of piperidine rings is 1. The molecule has 2 aromatic heterocycles. The van der Waals surface area contributed by atoms with Crippen molar-refractivity contribution in [1.29, 1.82) is 0 Å². The van der Waals surface area contributed by atoms with Crippen LogP contribution in [0.5, 0.6) is 0 Å². The zero-order chi connectivity index (χ0) is 25.4. The summed E-state index contributed by atoms with van der Waals surface area (Å²) in [6, 6.07) is 4.92. The third-order valence-corrected chi connectivity index (χ3v) is 8.09. The highest BCUT2D eigenvalue weighted by molar-refractivity contribution is 7.88. The Morgan fingerprint density at radius 2 is 1.89 bits per heavy atom. The van der Waals surface area contributed by atoms with Crippen molar-refractivity contribution < 1.29 is 26.4 Å². The normalized spacial score (nSPS) is 15.8. The van der Waals surface area contributed by atoms with Crippen LogP contribution in [0.4, 0.5) is 19.1 Å². The maximum absolute atomic E-state index is 13.7. The minimum Gasteiger partial charge on any atom is -0.351 e. The number of nitrogens with zero attached hydrogens (tertiary/aromatic N) is 4. The molecule has 0 unspecified atom stereocenters. The molecule has 0 radical (unpaired) electrons. The minimum atomic E-state index is -4.67. The van der Waals surface area contributed by atoms with Gasteiger partial charge in [0.25, 0.3) is 0 Å². The summed E-state index contributed by atoms with van der Waals surface area (Å²) in [5.74, 6) is 0.0342. The van der Waals surface area contributed by atoms with Crippen LogP contribution in [0.2, 0.25) is 0 Å². The lowest BCUT2D eigenvalue weighted by Crippen LogP contribution is -2.42. The number of aldehydes is 1. The molecule has 13 heteroatoms. The van der Waals surface area contributed by atoms with Crippen LogP contribution >= 0.6 is 11.3 Å². The summed E-state index contributed by atoms with van der Waals surface area (Å²) in [5.41, 5.74) is 0.689. The van der Waals surface area contributed by atoms with E-state index in [4.69, 9.17) is 0 Å². The van der Waals surface area contributed by atoms with Gasteiger partial charge in [-0.05, 0) is 31.4 Å².